The first-order valence-electron chi connectivity index (χ1n) is 8.01. The standard InChI is InChI=1S/C19H20N2O5/c1-19(2)12-7-5-10(9-13(12)21-18(19)24)20-17(23)11-6-8-14(25-3)15(22)16(11)26-4/h5-9,22H,1-4H3,(H,20,23)(H,21,24). The maximum atomic E-state index is 12.6. The minimum Gasteiger partial charge on any atom is -0.502 e. The minimum absolute atomic E-state index is 0.0254. The average Bonchev–Trinajstić information content (AvgIpc) is 2.83. The van der Waals surface area contributed by atoms with Crippen LogP contribution in [0.5, 0.6) is 17.2 Å². The van der Waals surface area contributed by atoms with Gasteiger partial charge in [-0.3, -0.25) is 9.59 Å². The Morgan fingerprint density at radius 3 is 2.54 bits per heavy atom. The van der Waals surface area contributed by atoms with Gasteiger partial charge in [0.25, 0.3) is 5.91 Å². The van der Waals surface area contributed by atoms with Crippen molar-refractivity contribution < 1.29 is 24.2 Å². The lowest BCUT2D eigenvalue weighted by atomic mass is 9.86. The van der Waals surface area contributed by atoms with Gasteiger partial charge < -0.3 is 25.2 Å². The first-order valence-corrected chi connectivity index (χ1v) is 8.01. The number of carbonyl (C=O) groups is 2. The van der Waals surface area contributed by atoms with Crippen LogP contribution in [-0.4, -0.2) is 31.1 Å². The summed E-state index contributed by atoms with van der Waals surface area (Å²) >= 11 is 0. The molecule has 26 heavy (non-hydrogen) atoms. The van der Waals surface area contributed by atoms with Gasteiger partial charge in [0.05, 0.1) is 25.2 Å². The van der Waals surface area contributed by atoms with E-state index in [2.05, 4.69) is 10.6 Å². The summed E-state index contributed by atoms with van der Waals surface area (Å²) in [5.41, 5.74) is 1.62. The molecule has 2 amide bonds. The second-order valence-electron chi connectivity index (χ2n) is 6.49. The Morgan fingerprint density at radius 1 is 1.15 bits per heavy atom. The Hall–Kier alpha value is -3.22. The minimum atomic E-state index is -0.608. The van der Waals surface area contributed by atoms with E-state index in [1.165, 1.54) is 26.4 Å². The number of aromatic hydroxyl groups is 1. The lowest BCUT2D eigenvalue weighted by Gasteiger charge is -2.15. The van der Waals surface area contributed by atoms with E-state index in [9.17, 15) is 14.7 Å². The topological polar surface area (TPSA) is 96.9 Å². The lowest BCUT2D eigenvalue weighted by Crippen LogP contribution is -2.26. The van der Waals surface area contributed by atoms with Gasteiger partial charge in [-0.05, 0) is 43.7 Å². The number of methoxy groups -OCH3 is 2. The number of phenolic OH excluding ortho intramolecular Hbond substituents is 1. The number of amides is 2. The van der Waals surface area contributed by atoms with E-state index in [1.54, 1.807) is 12.1 Å². The fraction of sp³-hybridized carbons (Fsp3) is 0.263. The number of hydrogen-bond donors (Lipinski definition) is 3. The van der Waals surface area contributed by atoms with Gasteiger partial charge >= 0.3 is 0 Å². The van der Waals surface area contributed by atoms with Crippen molar-refractivity contribution in [2.24, 2.45) is 0 Å². The number of hydrogen-bond acceptors (Lipinski definition) is 5. The Labute approximate surface area is 150 Å². The highest BCUT2D eigenvalue weighted by Gasteiger charge is 2.38. The third-order valence-corrected chi connectivity index (χ3v) is 4.53. The van der Waals surface area contributed by atoms with Crippen molar-refractivity contribution in [1.82, 2.24) is 0 Å². The summed E-state index contributed by atoms with van der Waals surface area (Å²) in [5.74, 6) is -0.551. The normalized spacial score (nSPS) is 14.4. The van der Waals surface area contributed by atoms with Crippen LogP contribution in [-0.2, 0) is 10.2 Å². The predicted octanol–water partition coefficient (Wildman–Crippen LogP) is 2.89. The van der Waals surface area contributed by atoms with Crippen molar-refractivity contribution in [3.8, 4) is 17.2 Å². The zero-order chi connectivity index (χ0) is 19.1. The second-order valence-corrected chi connectivity index (χ2v) is 6.49. The van der Waals surface area contributed by atoms with Crippen molar-refractivity contribution in [2.75, 3.05) is 24.9 Å². The fourth-order valence-electron chi connectivity index (χ4n) is 2.97. The maximum absolute atomic E-state index is 12.6. The quantitative estimate of drug-likeness (QED) is 0.783. The molecule has 0 aliphatic carbocycles. The lowest BCUT2D eigenvalue weighted by molar-refractivity contribution is -0.119. The third-order valence-electron chi connectivity index (χ3n) is 4.53. The van der Waals surface area contributed by atoms with E-state index in [0.29, 0.717) is 11.4 Å². The number of benzene rings is 2. The smallest absolute Gasteiger partial charge is 0.259 e. The zero-order valence-corrected chi connectivity index (χ0v) is 15.0. The molecule has 1 heterocycles. The molecule has 0 fully saturated rings. The predicted molar refractivity (Wildman–Crippen MR) is 97.3 cm³/mol. The van der Waals surface area contributed by atoms with Gasteiger partial charge in [0.1, 0.15) is 0 Å². The highest BCUT2D eigenvalue weighted by molar-refractivity contribution is 6.09. The summed E-state index contributed by atoms with van der Waals surface area (Å²) < 4.78 is 10.2. The number of rotatable bonds is 4. The van der Waals surface area contributed by atoms with Crippen molar-refractivity contribution in [1.29, 1.82) is 0 Å². The molecule has 0 aromatic heterocycles. The van der Waals surface area contributed by atoms with Crippen LogP contribution in [0.25, 0.3) is 0 Å². The summed E-state index contributed by atoms with van der Waals surface area (Å²) in [6.45, 7) is 3.69. The number of ether oxygens (including phenoxy) is 2. The van der Waals surface area contributed by atoms with Crippen molar-refractivity contribution in [2.45, 2.75) is 19.3 Å². The van der Waals surface area contributed by atoms with Crippen LogP contribution in [0.2, 0.25) is 0 Å². The summed E-state index contributed by atoms with van der Waals surface area (Å²) in [5, 5.41) is 15.7. The van der Waals surface area contributed by atoms with Crippen LogP contribution < -0.4 is 20.1 Å². The Bertz CT molecular complexity index is 905. The monoisotopic (exact) mass is 356 g/mol. The molecule has 0 spiro atoms. The molecule has 136 valence electrons. The van der Waals surface area contributed by atoms with E-state index in [1.807, 2.05) is 19.9 Å². The molecule has 7 heteroatoms. The van der Waals surface area contributed by atoms with Crippen LogP contribution in [0.4, 0.5) is 11.4 Å². The fourth-order valence-corrected chi connectivity index (χ4v) is 2.97. The molecule has 0 atom stereocenters. The second kappa shape index (κ2) is 6.25. The SMILES string of the molecule is COc1ccc(C(=O)Nc2ccc3c(c2)NC(=O)C3(C)C)c(OC)c1O. The van der Waals surface area contributed by atoms with Crippen LogP contribution in [0, 0.1) is 0 Å². The highest BCUT2D eigenvalue weighted by atomic mass is 16.5. The molecule has 1 aliphatic heterocycles. The van der Waals surface area contributed by atoms with E-state index < -0.39 is 11.3 Å². The molecule has 3 N–H and O–H groups in total. The molecule has 7 nitrogen and oxygen atoms in total. The molecule has 0 bridgehead atoms. The third kappa shape index (κ3) is 2.71. The molecular formula is C19H20N2O5. The van der Waals surface area contributed by atoms with Gasteiger partial charge in [-0.25, -0.2) is 0 Å². The van der Waals surface area contributed by atoms with Crippen molar-refractivity contribution >= 4 is 23.2 Å². The van der Waals surface area contributed by atoms with E-state index in [4.69, 9.17) is 9.47 Å². The number of carbonyl (C=O) groups excluding carboxylic acids is 2. The molecule has 2 aromatic carbocycles. The number of phenols is 1. The zero-order valence-electron chi connectivity index (χ0n) is 15.0. The van der Waals surface area contributed by atoms with Gasteiger partial charge in [0.2, 0.25) is 11.7 Å². The van der Waals surface area contributed by atoms with Gasteiger partial charge in [0.15, 0.2) is 11.5 Å². The Balaban J connectivity index is 1.90. The van der Waals surface area contributed by atoms with E-state index in [0.717, 1.165) is 5.56 Å². The summed E-state index contributed by atoms with van der Waals surface area (Å²) in [7, 11) is 2.77. The number of anilines is 2. The molecule has 2 aromatic rings. The maximum Gasteiger partial charge on any atom is 0.259 e. The Morgan fingerprint density at radius 2 is 1.88 bits per heavy atom. The summed E-state index contributed by atoms with van der Waals surface area (Å²) in [6.07, 6.45) is 0. The van der Waals surface area contributed by atoms with Gasteiger partial charge in [-0.1, -0.05) is 6.07 Å². The molecule has 0 radical (unpaired) electrons. The first kappa shape index (κ1) is 17.6. The number of nitrogens with one attached hydrogen (secondary N) is 2. The van der Waals surface area contributed by atoms with E-state index >= 15 is 0 Å². The van der Waals surface area contributed by atoms with E-state index in [-0.39, 0.29) is 28.7 Å². The molecule has 3 rings (SSSR count). The van der Waals surface area contributed by atoms with Crippen LogP contribution >= 0.6 is 0 Å². The average molecular weight is 356 g/mol. The van der Waals surface area contributed by atoms with Crippen molar-refractivity contribution in [3.05, 3.63) is 41.5 Å². The van der Waals surface area contributed by atoms with Gasteiger partial charge in [-0.2, -0.15) is 0 Å². The summed E-state index contributed by atoms with van der Waals surface area (Å²) in [4.78, 5) is 24.6. The largest absolute Gasteiger partial charge is 0.502 e. The van der Waals surface area contributed by atoms with Crippen LogP contribution in [0.3, 0.4) is 0 Å². The summed E-state index contributed by atoms with van der Waals surface area (Å²) in [6, 6.07) is 8.24. The van der Waals surface area contributed by atoms with Gasteiger partial charge in [0, 0.05) is 11.4 Å². The molecule has 1 aliphatic rings. The highest BCUT2D eigenvalue weighted by Crippen LogP contribution is 2.40. The van der Waals surface area contributed by atoms with Gasteiger partial charge in [-0.15, -0.1) is 0 Å². The molecule has 0 unspecified atom stereocenters. The first-order chi connectivity index (χ1) is 12.3. The van der Waals surface area contributed by atoms with Crippen LogP contribution in [0.15, 0.2) is 30.3 Å². The molecule has 0 saturated carbocycles. The van der Waals surface area contributed by atoms with Crippen molar-refractivity contribution in [3.63, 3.8) is 0 Å². The number of fused-ring (bicyclic) bond motifs is 1. The Kier molecular flexibility index (Phi) is 4.23. The van der Waals surface area contributed by atoms with Crippen LogP contribution in [0.1, 0.15) is 29.8 Å². The molecule has 0 saturated heterocycles. The molecular weight excluding hydrogens is 336 g/mol.